The van der Waals surface area contributed by atoms with Gasteiger partial charge in [0.15, 0.2) is 0 Å². The maximum Gasteiger partial charge on any atom is 0.232 e. The summed E-state index contributed by atoms with van der Waals surface area (Å²) < 4.78 is 25.6. The van der Waals surface area contributed by atoms with Gasteiger partial charge in [0.25, 0.3) is 0 Å². The summed E-state index contributed by atoms with van der Waals surface area (Å²) in [4.78, 5) is 14.2. The van der Waals surface area contributed by atoms with Crippen molar-refractivity contribution in [1.29, 1.82) is 0 Å². The van der Waals surface area contributed by atoms with E-state index in [2.05, 4.69) is 5.32 Å². The van der Waals surface area contributed by atoms with Crippen LogP contribution in [0.15, 0.2) is 54.6 Å². The number of hydrogen-bond acceptors (Lipinski definition) is 4. The fourth-order valence-corrected chi connectivity index (χ4v) is 3.67. The molecule has 0 aliphatic rings. The van der Waals surface area contributed by atoms with E-state index in [9.17, 15) is 13.2 Å². The Morgan fingerprint density at radius 2 is 1.56 bits per heavy atom. The minimum Gasteiger partial charge on any atom is -0.378 e. The third-order valence-electron chi connectivity index (χ3n) is 4.27. The quantitative estimate of drug-likeness (QED) is 0.754. The van der Waals surface area contributed by atoms with Crippen LogP contribution < -0.4 is 14.5 Å². The Morgan fingerprint density at radius 1 is 1.00 bits per heavy atom. The number of carbonyl (C=O) groups is 1. The van der Waals surface area contributed by atoms with Crippen molar-refractivity contribution in [2.75, 3.05) is 36.1 Å². The molecule has 27 heavy (non-hydrogen) atoms. The first-order chi connectivity index (χ1) is 12.7. The molecule has 2 aromatic carbocycles. The number of carbonyl (C=O) groups excluding carboxylic acids is 1. The van der Waals surface area contributed by atoms with E-state index in [1.165, 1.54) is 4.31 Å². The zero-order valence-electron chi connectivity index (χ0n) is 16.2. The second-order valence-corrected chi connectivity index (χ2v) is 8.60. The molecule has 0 fully saturated rings. The lowest BCUT2D eigenvalue weighted by atomic mass is 10.1. The number of nitrogens with zero attached hydrogens (tertiary/aromatic N) is 2. The second-order valence-electron chi connectivity index (χ2n) is 6.70. The summed E-state index contributed by atoms with van der Waals surface area (Å²) in [7, 11) is 0.349. The van der Waals surface area contributed by atoms with Gasteiger partial charge >= 0.3 is 0 Å². The third-order valence-corrected chi connectivity index (χ3v) is 5.47. The van der Waals surface area contributed by atoms with Crippen LogP contribution in [0.5, 0.6) is 0 Å². The summed E-state index contributed by atoms with van der Waals surface area (Å²) in [5, 5.41) is 2.91. The average Bonchev–Trinajstić information content (AvgIpc) is 2.61. The van der Waals surface area contributed by atoms with Crippen LogP contribution in [0.4, 0.5) is 11.4 Å². The van der Waals surface area contributed by atoms with Crippen LogP contribution in [0.25, 0.3) is 0 Å². The molecule has 1 unspecified atom stereocenters. The highest BCUT2D eigenvalue weighted by atomic mass is 32.2. The van der Waals surface area contributed by atoms with E-state index in [0.717, 1.165) is 17.5 Å². The molecular formula is C20H27N3O3S. The molecule has 0 saturated carbocycles. The zero-order chi connectivity index (χ0) is 20.0. The van der Waals surface area contributed by atoms with Crippen LogP contribution >= 0.6 is 0 Å². The molecule has 0 heterocycles. The minimum absolute atomic E-state index is 0.0830. The fourth-order valence-electron chi connectivity index (χ4n) is 2.75. The molecule has 2 rings (SSSR count). The van der Waals surface area contributed by atoms with E-state index in [-0.39, 0.29) is 24.9 Å². The molecule has 1 amide bonds. The monoisotopic (exact) mass is 389 g/mol. The Hall–Kier alpha value is -2.54. The van der Waals surface area contributed by atoms with Gasteiger partial charge in [-0.1, -0.05) is 30.3 Å². The number of anilines is 2. The lowest BCUT2D eigenvalue weighted by Crippen LogP contribution is -2.35. The average molecular weight is 390 g/mol. The molecule has 0 saturated heterocycles. The first-order valence-corrected chi connectivity index (χ1v) is 10.6. The Kier molecular flexibility index (Phi) is 6.85. The van der Waals surface area contributed by atoms with E-state index in [4.69, 9.17) is 0 Å². The van der Waals surface area contributed by atoms with E-state index in [0.29, 0.717) is 5.69 Å². The van der Waals surface area contributed by atoms with Gasteiger partial charge in [0, 0.05) is 32.7 Å². The number of nitrogens with one attached hydrogen (secondary N) is 1. The summed E-state index contributed by atoms with van der Waals surface area (Å²) >= 11 is 0. The predicted octanol–water partition coefficient (Wildman–Crippen LogP) is 2.79. The van der Waals surface area contributed by atoms with Crippen LogP contribution in [-0.4, -0.2) is 41.2 Å². The molecule has 0 aromatic heterocycles. The van der Waals surface area contributed by atoms with Gasteiger partial charge in [0.2, 0.25) is 15.9 Å². The highest BCUT2D eigenvalue weighted by molar-refractivity contribution is 7.92. The van der Waals surface area contributed by atoms with Crippen LogP contribution in [-0.2, 0) is 14.8 Å². The highest BCUT2D eigenvalue weighted by Crippen LogP contribution is 2.22. The van der Waals surface area contributed by atoms with Crippen LogP contribution in [0, 0.1) is 0 Å². The Labute approximate surface area is 161 Å². The molecule has 0 spiro atoms. The third kappa shape index (κ3) is 5.99. The van der Waals surface area contributed by atoms with Gasteiger partial charge in [0.1, 0.15) is 0 Å². The summed E-state index contributed by atoms with van der Waals surface area (Å²) in [6.07, 6.45) is 1.23. The molecule has 0 radical (unpaired) electrons. The normalized spacial score (nSPS) is 12.3. The second kappa shape index (κ2) is 8.90. The van der Waals surface area contributed by atoms with Crippen molar-refractivity contribution >= 4 is 27.3 Å². The van der Waals surface area contributed by atoms with Gasteiger partial charge in [-0.15, -0.1) is 0 Å². The summed E-state index contributed by atoms with van der Waals surface area (Å²) in [6.45, 7) is 2.00. The van der Waals surface area contributed by atoms with Gasteiger partial charge in [-0.05, 0) is 36.8 Å². The van der Waals surface area contributed by atoms with Gasteiger partial charge in [-0.3, -0.25) is 9.10 Å². The lowest BCUT2D eigenvalue weighted by Gasteiger charge is -2.23. The molecule has 0 bridgehead atoms. The van der Waals surface area contributed by atoms with Crippen LogP contribution in [0.1, 0.15) is 24.9 Å². The fraction of sp³-hybridized carbons (Fsp3) is 0.350. The first-order valence-electron chi connectivity index (χ1n) is 8.78. The Morgan fingerprint density at radius 3 is 2.07 bits per heavy atom. The maximum absolute atomic E-state index is 12.3. The van der Waals surface area contributed by atoms with Crippen molar-refractivity contribution in [3.8, 4) is 0 Å². The number of sulfonamides is 1. The van der Waals surface area contributed by atoms with E-state index in [1.807, 2.05) is 68.4 Å². The molecule has 1 N–H and O–H groups in total. The molecular weight excluding hydrogens is 362 g/mol. The first kappa shape index (κ1) is 20.8. The van der Waals surface area contributed by atoms with Crippen molar-refractivity contribution in [2.24, 2.45) is 0 Å². The standard InChI is InChI=1S/C20H27N3O3S/c1-16(17-8-6-5-7-9-17)21-20(24)14-15-23(27(4,25)26)19-12-10-18(11-13-19)22(2)3/h5-13,16H,14-15H2,1-4H3,(H,21,24). The summed E-state index contributed by atoms with van der Waals surface area (Å²) in [6, 6.07) is 16.7. The maximum atomic E-state index is 12.3. The molecule has 146 valence electrons. The SMILES string of the molecule is CC(NC(=O)CCN(c1ccc(N(C)C)cc1)S(C)(=O)=O)c1ccccc1. The Balaban J connectivity index is 2.03. The van der Waals surface area contributed by atoms with Gasteiger partial charge in [-0.25, -0.2) is 8.42 Å². The van der Waals surface area contributed by atoms with Crippen LogP contribution in [0.3, 0.4) is 0 Å². The molecule has 6 nitrogen and oxygen atoms in total. The van der Waals surface area contributed by atoms with Crippen molar-refractivity contribution in [2.45, 2.75) is 19.4 Å². The number of hydrogen-bond donors (Lipinski definition) is 1. The number of benzene rings is 2. The summed E-state index contributed by atoms with van der Waals surface area (Å²) in [5.41, 5.74) is 2.53. The lowest BCUT2D eigenvalue weighted by molar-refractivity contribution is -0.121. The highest BCUT2D eigenvalue weighted by Gasteiger charge is 2.19. The minimum atomic E-state index is -3.49. The number of amides is 1. The van der Waals surface area contributed by atoms with Crippen LogP contribution in [0.2, 0.25) is 0 Å². The topological polar surface area (TPSA) is 69.7 Å². The van der Waals surface area contributed by atoms with E-state index < -0.39 is 10.0 Å². The molecule has 0 aliphatic heterocycles. The molecule has 2 aromatic rings. The molecule has 0 aliphatic carbocycles. The Bertz CT molecular complexity index is 850. The smallest absolute Gasteiger partial charge is 0.232 e. The van der Waals surface area contributed by atoms with E-state index >= 15 is 0 Å². The largest absolute Gasteiger partial charge is 0.378 e. The number of rotatable bonds is 8. The molecule has 1 atom stereocenters. The van der Waals surface area contributed by atoms with E-state index in [1.54, 1.807) is 12.1 Å². The molecule has 7 heteroatoms. The zero-order valence-corrected chi connectivity index (χ0v) is 17.0. The van der Waals surface area contributed by atoms with Gasteiger partial charge in [-0.2, -0.15) is 0 Å². The van der Waals surface area contributed by atoms with Gasteiger partial charge in [0.05, 0.1) is 18.0 Å². The van der Waals surface area contributed by atoms with Crippen molar-refractivity contribution in [3.05, 3.63) is 60.2 Å². The predicted molar refractivity (Wildman–Crippen MR) is 111 cm³/mol. The van der Waals surface area contributed by atoms with Crippen molar-refractivity contribution in [3.63, 3.8) is 0 Å². The van der Waals surface area contributed by atoms with Gasteiger partial charge < -0.3 is 10.2 Å². The van der Waals surface area contributed by atoms with Crippen molar-refractivity contribution < 1.29 is 13.2 Å². The summed E-state index contributed by atoms with van der Waals surface area (Å²) in [5.74, 6) is -0.190. The van der Waals surface area contributed by atoms with Crippen molar-refractivity contribution in [1.82, 2.24) is 5.32 Å².